The Morgan fingerprint density at radius 3 is 2.67 bits per heavy atom. The third-order valence-corrected chi connectivity index (χ3v) is 4.52. The molecule has 15 heavy (non-hydrogen) atoms. The van der Waals surface area contributed by atoms with Crippen LogP contribution >= 0.6 is 0 Å². The Labute approximate surface area is 93.9 Å². The van der Waals surface area contributed by atoms with Crippen LogP contribution in [-0.2, 0) is 0 Å². The van der Waals surface area contributed by atoms with Gasteiger partial charge < -0.3 is 4.90 Å². The van der Waals surface area contributed by atoms with Gasteiger partial charge in [0.05, 0.1) is 5.57 Å². The lowest BCUT2D eigenvalue weighted by Crippen LogP contribution is -2.53. The van der Waals surface area contributed by atoms with Crippen LogP contribution < -0.4 is 0 Å². The minimum absolute atomic E-state index is 0.00685. The number of nitrogens with zero attached hydrogens (tertiary/aromatic N) is 1. The van der Waals surface area contributed by atoms with Gasteiger partial charge in [-0.3, -0.25) is 4.39 Å². The molecule has 82 valence electrons. The van der Waals surface area contributed by atoms with E-state index < -0.39 is 5.57 Å². The summed E-state index contributed by atoms with van der Waals surface area (Å²) in [4.78, 5) is 2.23. The van der Waals surface area contributed by atoms with Crippen molar-refractivity contribution in [3.8, 4) is 0 Å². The SMILES string of the molecule is BC1(F)CN2C(=C)C(C)CC(C)C2(B)C1. The van der Waals surface area contributed by atoms with Crippen molar-refractivity contribution in [2.75, 3.05) is 6.54 Å². The highest BCUT2D eigenvalue weighted by atomic mass is 19.1. The summed E-state index contributed by atoms with van der Waals surface area (Å²) >= 11 is 0. The number of alkyl halides is 1. The van der Waals surface area contributed by atoms with Crippen LogP contribution in [0.4, 0.5) is 4.39 Å². The molecule has 4 heteroatoms. The maximum Gasteiger partial charge on any atom is 0.152 e. The summed E-state index contributed by atoms with van der Waals surface area (Å²) in [7, 11) is 3.92. The van der Waals surface area contributed by atoms with Crippen molar-refractivity contribution >= 4 is 15.7 Å². The monoisotopic (exact) mass is 207 g/mol. The molecule has 0 radical (unpaired) electrons. The van der Waals surface area contributed by atoms with Crippen LogP contribution in [-0.4, -0.2) is 38.1 Å². The molecule has 0 aromatic rings. The summed E-state index contributed by atoms with van der Waals surface area (Å²) in [6.07, 6.45) is 1.79. The normalized spacial score (nSPS) is 50.6. The van der Waals surface area contributed by atoms with E-state index in [-0.39, 0.29) is 5.44 Å². The third kappa shape index (κ3) is 1.53. The van der Waals surface area contributed by atoms with Gasteiger partial charge in [-0.1, -0.05) is 20.4 Å². The van der Waals surface area contributed by atoms with Crippen molar-refractivity contribution in [1.29, 1.82) is 0 Å². The lowest BCUT2D eigenvalue weighted by molar-refractivity contribution is 0.123. The fraction of sp³-hybridized carbons (Fsp3) is 0.818. The van der Waals surface area contributed by atoms with Gasteiger partial charge in [-0.05, 0) is 24.7 Å². The van der Waals surface area contributed by atoms with Gasteiger partial charge >= 0.3 is 0 Å². The smallest absolute Gasteiger partial charge is 0.152 e. The van der Waals surface area contributed by atoms with E-state index in [0.29, 0.717) is 24.8 Å². The molecule has 0 amide bonds. The van der Waals surface area contributed by atoms with E-state index in [1.165, 1.54) is 0 Å². The van der Waals surface area contributed by atoms with Gasteiger partial charge in [-0.2, -0.15) is 0 Å². The molecular formula is C11H20B2FN. The van der Waals surface area contributed by atoms with Gasteiger partial charge in [0.25, 0.3) is 0 Å². The molecule has 0 spiro atoms. The van der Waals surface area contributed by atoms with Crippen LogP contribution in [0, 0.1) is 11.8 Å². The average molecular weight is 207 g/mol. The Hall–Kier alpha value is -0.400. The molecule has 0 aromatic heterocycles. The first-order valence-corrected chi connectivity index (χ1v) is 5.92. The van der Waals surface area contributed by atoms with E-state index in [0.717, 1.165) is 12.1 Å². The maximum absolute atomic E-state index is 14.1. The van der Waals surface area contributed by atoms with Crippen molar-refractivity contribution in [2.45, 2.75) is 37.7 Å². The molecule has 2 saturated heterocycles. The Balaban J connectivity index is 2.35. The predicted molar refractivity (Wildman–Crippen MR) is 67.1 cm³/mol. The quantitative estimate of drug-likeness (QED) is 0.523. The second-order valence-electron chi connectivity index (χ2n) is 6.06. The van der Waals surface area contributed by atoms with Crippen molar-refractivity contribution in [3.63, 3.8) is 0 Å². The zero-order chi connectivity index (χ0) is 11.4. The van der Waals surface area contributed by atoms with Crippen LogP contribution in [0.1, 0.15) is 26.7 Å². The first-order chi connectivity index (χ1) is 6.76. The summed E-state index contributed by atoms with van der Waals surface area (Å²) in [5, 5.41) is 0. The van der Waals surface area contributed by atoms with E-state index in [4.69, 9.17) is 0 Å². The molecule has 0 saturated carbocycles. The van der Waals surface area contributed by atoms with Crippen molar-refractivity contribution < 1.29 is 4.39 Å². The molecule has 1 nitrogen and oxygen atoms in total. The first kappa shape index (κ1) is 11.1. The topological polar surface area (TPSA) is 3.24 Å². The highest BCUT2D eigenvalue weighted by Crippen LogP contribution is 2.48. The Bertz CT molecular complexity index is 305. The van der Waals surface area contributed by atoms with E-state index >= 15 is 0 Å². The molecule has 0 aromatic carbocycles. The van der Waals surface area contributed by atoms with Gasteiger partial charge in [0, 0.05) is 17.7 Å². The zero-order valence-corrected chi connectivity index (χ0v) is 10.3. The fourth-order valence-electron chi connectivity index (χ4n) is 3.46. The minimum Gasteiger partial charge on any atom is -0.375 e. The molecule has 2 aliphatic rings. The van der Waals surface area contributed by atoms with E-state index in [2.05, 4.69) is 33.2 Å². The summed E-state index contributed by atoms with van der Waals surface area (Å²) in [5.74, 6) is 1.05. The van der Waals surface area contributed by atoms with Gasteiger partial charge in [-0.15, -0.1) is 0 Å². The molecule has 2 fully saturated rings. The molecule has 0 bridgehead atoms. The van der Waals surface area contributed by atoms with Crippen LogP contribution in [0.25, 0.3) is 0 Å². The zero-order valence-electron chi connectivity index (χ0n) is 10.3. The molecule has 4 atom stereocenters. The summed E-state index contributed by atoms with van der Waals surface area (Å²) in [6.45, 7) is 9.12. The lowest BCUT2D eigenvalue weighted by Gasteiger charge is -2.49. The highest BCUT2D eigenvalue weighted by Gasteiger charge is 2.54. The number of rotatable bonds is 0. The third-order valence-electron chi connectivity index (χ3n) is 4.52. The first-order valence-electron chi connectivity index (χ1n) is 5.92. The maximum atomic E-state index is 14.1. The van der Waals surface area contributed by atoms with E-state index in [9.17, 15) is 4.39 Å². The number of piperidine rings is 1. The van der Waals surface area contributed by atoms with Crippen molar-refractivity contribution in [2.24, 2.45) is 11.8 Å². The Kier molecular flexibility index (Phi) is 2.26. The largest absolute Gasteiger partial charge is 0.375 e. The van der Waals surface area contributed by atoms with E-state index in [1.54, 1.807) is 7.85 Å². The molecule has 2 aliphatic heterocycles. The lowest BCUT2D eigenvalue weighted by atomic mass is 9.59. The van der Waals surface area contributed by atoms with Gasteiger partial charge in [0.15, 0.2) is 7.85 Å². The van der Waals surface area contributed by atoms with Gasteiger partial charge in [-0.25, -0.2) is 0 Å². The molecule has 2 rings (SSSR count). The van der Waals surface area contributed by atoms with Crippen LogP contribution in [0.3, 0.4) is 0 Å². The van der Waals surface area contributed by atoms with Crippen LogP contribution in [0.2, 0.25) is 0 Å². The van der Waals surface area contributed by atoms with Crippen molar-refractivity contribution in [3.05, 3.63) is 12.3 Å². The molecule has 4 unspecified atom stereocenters. The number of allylic oxidation sites excluding steroid dienone is 1. The fourth-order valence-corrected chi connectivity index (χ4v) is 3.46. The molecule has 0 aliphatic carbocycles. The summed E-state index contributed by atoms with van der Waals surface area (Å²) < 4.78 is 14.1. The number of halogens is 1. The van der Waals surface area contributed by atoms with Crippen LogP contribution in [0.5, 0.6) is 0 Å². The molecule has 0 N–H and O–H groups in total. The van der Waals surface area contributed by atoms with Gasteiger partial charge in [0.2, 0.25) is 0 Å². The standard InChI is InChI=1S/C11H20B2FN/c1-7-4-8(2)11(13)5-10(12,14)6-15(11)9(7)3/h7-8H,3-6,12-13H2,1-2H3. The van der Waals surface area contributed by atoms with Crippen LogP contribution in [0.15, 0.2) is 12.3 Å². The summed E-state index contributed by atoms with van der Waals surface area (Å²) in [5.41, 5.74) is 0.0836. The number of hydrogen-bond donors (Lipinski definition) is 0. The number of hydrogen-bond acceptors (Lipinski definition) is 1. The second-order valence-corrected chi connectivity index (χ2v) is 6.06. The van der Waals surface area contributed by atoms with E-state index in [1.807, 2.05) is 0 Å². The van der Waals surface area contributed by atoms with Gasteiger partial charge in [0.1, 0.15) is 7.85 Å². The number of fused-ring (bicyclic) bond motifs is 1. The summed E-state index contributed by atoms with van der Waals surface area (Å²) in [6, 6.07) is 0. The molecular weight excluding hydrogens is 187 g/mol. The van der Waals surface area contributed by atoms with Crippen molar-refractivity contribution in [1.82, 2.24) is 4.90 Å². The Morgan fingerprint density at radius 1 is 1.47 bits per heavy atom. The second kappa shape index (κ2) is 3.05. The predicted octanol–water partition coefficient (Wildman–Crippen LogP) is 0.510. The minimum atomic E-state index is -1.05. The average Bonchev–Trinajstić information content (AvgIpc) is 2.34. The Morgan fingerprint density at radius 2 is 2.07 bits per heavy atom. The molecule has 2 heterocycles. The highest BCUT2D eigenvalue weighted by molar-refractivity contribution is 6.20.